The molecule has 1 amide bonds. The third kappa shape index (κ3) is 2.25. The van der Waals surface area contributed by atoms with Gasteiger partial charge in [0.15, 0.2) is 0 Å². The topological polar surface area (TPSA) is 92.0 Å². The van der Waals surface area contributed by atoms with Gasteiger partial charge in [0.2, 0.25) is 0 Å². The minimum absolute atomic E-state index is 0.431. The summed E-state index contributed by atoms with van der Waals surface area (Å²) in [4.78, 5) is 17.4. The predicted octanol–water partition coefficient (Wildman–Crippen LogP) is 1.08. The number of aromatic amines is 1. The first-order chi connectivity index (χ1) is 11.5. The van der Waals surface area contributed by atoms with Gasteiger partial charge in [0.1, 0.15) is 0 Å². The second-order valence-corrected chi connectivity index (χ2v) is 6.29. The molecule has 0 unspecified atom stereocenters. The molecule has 0 aliphatic carbocycles. The number of rotatable bonds is 4. The summed E-state index contributed by atoms with van der Waals surface area (Å²) in [7, 11) is 3.96. The fourth-order valence-electron chi connectivity index (χ4n) is 3.18. The second-order valence-electron chi connectivity index (χ2n) is 6.29. The highest BCUT2D eigenvalue weighted by atomic mass is 16.1. The largest absolute Gasteiger partial charge is 0.369 e. The van der Waals surface area contributed by atoms with Crippen LogP contribution in [-0.4, -0.2) is 46.9 Å². The van der Waals surface area contributed by atoms with E-state index in [4.69, 9.17) is 5.73 Å². The molecule has 1 aliphatic rings. The first kappa shape index (κ1) is 14.8. The third-order valence-electron chi connectivity index (χ3n) is 4.74. The summed E-state index contributed by atoms with van der Waals surface area (Å²) in [5.41, 5.74) is 9.83. The van der Waals surface area contributed by atoms with Crippen molar-refractivity contribution in [3.05, 3.63) is 36.2 Å². The van der Waals surface area contributed by atoms with E-state index in [0.29, 0.717) is 11.6 Å². The number of nitrogens with two attached hydrogens (primary N) is 1. The summed E-state index contributed by atoms with van der Waals surface area (Å²) in [5.74, 6) is -0.431. The zero-order chi connectivity index (χ0) is 16.8. The summed E-state index contributed by atoms with van der Waals surface area (Å²) < 4.78 is 1.75. The Morgan fingerprint density at radius 2 is 2.21 bits per heavy atom. The van der Waals surface area contributed by atoms with E-state index in [1.807, 2.05) is 19.3 Å². The average Bonchev–Trinajstić information content (AvgIpc) is 3.09. The van der Waals surface area contributed by atoms with Crippen LogP contribution < -0.4 is 16.0 Å². The number of benzene rings is 1. The van der Waals surface area contributed by atoms with Crippen LogP contribution in [0, 0.1) is 0 Å². The Labute approximate surface area is 139 Å². The highest BCUT2D eigenvalue weighted by Crippen LogP contribution is 2.34. The van der Waals surface area contributed by atoms with Crippen LogP contribution in [0.25, 0.3) is 22.2 Å². The molecule has 7 nitrogen and oxygen atoms in total. The number of hydrogen-bond donors (Lipinski definition) is 3. The number of likely N-dealkylation sites (N-methyl/N-ethyl adjacent to an activating group) is 1. The van der Waals surface area contributed by atoms with Crippen LogP contribution in [0.5, 0.6) is 0 Å². The molecule has 0 saturated carbocycles. The average molecular weight is 324 g/mol. The first-order valence-electron chi connectivity index (χ1n) is 7.92. The minimum atomic E-state index is -0.431. The molecule has 1 fully saturated rings. The van der Waals surface area contributed by atoms with Gasteiger partial charge in [-0.1, -0.05) is 0 Å². The van der Waals surface area contributed by atoms with E-state index in [9.17, 15) is 4.79 Å². The smallest absolute Gasteiger partial charge is 0.250 e. The number of H-pyrrole nitrogens is 1. The van der Waals surface area contributed by atoms with Crippen molar-refractivity contribution in [2.75, 3.05) is 25.0 Å². The van der Waals surface area contributed by atoms with E-state index in [2.05, 4.69) is 33.4 Å². The number of nitrogens with zero attached hydrogens (tertiary/aromatic N) is 3. The van der Waals surface area contributed by atoms with Crippen molar-refractivity contribution in [2.45, 2.75) is 6.04 Å². The van der Waals surface area contributed by atoms with Gasteiger partial charge in [0, 0.05) is 55.7 Å². The molecule has 0 spiro atoms. The maximum absolute atomic E-state index is 11.8. The lowest BCUT2D eigenvalue weighted by molar-refractivity contribution is 0.100. The maximum Gasteiger partial charge on any atom is 0.250 e. The second kappa shape index (κ2) is 5.38. The highest BCUT2D eigenvalue weighted by Gasteiger charge is 2.24. The molecule has 1 aliphatic heterocycles. The van der Waals surface area contributed by atoms with Gasteiger partial charge in [-0.05, 0) is 18.2 Å². The van der Waals surface area contributed by atoms with E-state index in [-0.39, 0.29) is 0 Å². The van der Waals surface area contributed by atoms with Crippen molar-refractivity contribution >= 4 is 22.5 Å². The van der Waals surface area contributed by atoms with Crippen LogP contribution in [0.2, 0.25) is 0 Å². The van der Waals surface area contributed by atoms with Crippen molar-refractivity contribution in [1.29, 1.82) is 0 Å². The number of carbonyl (C=O) groups is 1. The predicted molar refractivity (Wildman–Crippen MR) is 94.1 cm³/mol. The Balaban J connectivity index is 1.89. The minimum Gasteiger partial charge on any atom is -0.369 e. The summed E-state index contributed by atoms with van der Waals surface area (Å²) in [6, 6.07) is 6.30. The fourth-order valence-corrected chi connectivity index (χ4v) is 3.18. The lowest BCUT2D eigenvalue weighted by Gasteiger charge is -2.37. The number of anilines is 1. The molecule has 4 N–H and O–H groups in total. The Morgan fingerprint density at radius 3 is 2.79 bits per heavy atom. The molecule has 3 aromatic rings. The van der Waals surface area contributed by atoms with Gasteiger partial charge in [-0.25, -0.2) is 0 Å². The van der Waals surface area contributed by atoms with Crippen molar-refractivity contribution in [3.63, 3.8) is 0 Å². The standard InChI is InChI=1S/C17H20N6O/c1-22-9-10(6-20-22)14-5-13-15(23(2)11-7-19-8-11)4-3-12(17(18)24)16(13)21-14/h3-6,9,11,19,21H,7-8H2,1-2H3,(H2,18,24). The zero-order valence-electron chi connectivity index (χ0n) is 13.7. The van der Waals surface area contributed by atoms with Gasteiger partial charge in [-0.15, -0.1) is 0 Å². The number of aryl methyl sites for hydroxylation is 1. The van der Waals surface area contributed by atoms with Gasteiger partial charge in [0.05, 0.1) is 23.3 Å². The molecule has 3 heterocycles. The summed E-state index contributed by atoms with van der Waals surface area (Å²) in [6.45, 7) is 1.94. The first-order valence-corrected chi connectivity index (χ1v) is 7.92. The van der Waals surface area contributed by atoms with E-state index in [0.717, 1.165) is 40.9 Å². The molecule has 0 bridgehead atoms. The lowest BCUT2D eigenvalue weighted by atomic mass is 10.1. The molecule has 24 heavy (non-hydrogen) atoms. The van der Waals surface area contributed by atoms with Gasteiger partial charge >= 0.3 is 0 Å². The molecule has 1 saturated heterocycles. The molecule has 4 rings (SSSR count). The lowest BCUT2D eigenvalue weighted by Crippen LogP contribution is -2.56. The Morgan fingerprint density at radius 1 is 1.42 bits per heavy atom. The van der Waals surface area contributed by atoms with Crippen LogP contribution in [0.1, 0.15) is 10.4 Å². The molecule has 0 atom stereocenters. The number of carbonyl (C=O) groups excluding carboxylic acids is 1. The van der Waals surface area contributed by atoms with E-state index >= 15 is 0 Å². The molecule has 2 aromatic heterocycles. The molecule has 1 aromatic carbocycles. The van der Waals surface area contributed by atoms with Crippen molar-refractivity contribution in [3.8, 4) is 11.3 Å². The molecule has 0 radical (unpaired) electrons. The molecule has 124 valence electrons. The number of primary amides is 1. The number of aromatic nitrogens is 3. The number of amides is 1. The summed E-state index contributed by atoms with van der Waals surface area (Å²) >= 11 is 0. The number of hydrogen-bond acceptors (Lipinski definition) is 4. The van der Waals surface area contributed by atoms with Crippen LogP contribution in [0.4, 0.5) is 5.69 Å². The van der Waals surface area contributed by atoms with E-state index < -0.39 is 5.91 Å². The maximum atomic E-state index is 11.8. The number of nitrogens with one attached hydrogen (secondary N) is 2. The Bertz CT molecular complexity index is 920. The monoisotopic (exact) mass is 324 g/mol. The van der Waals surface area contributed by atoms with Crippen LogP contribution in [0.3, 0.4) is 0 Å². The van der Waals surface area contributed by atoms with E-state index in [1.165, 1.54) is 0 Å². The van der Waals surface area contributed by atoms with Gasteiger partial charge in [-0.2, -0.15) is 5.10 Å². The number of fused-ring (bicyclic) bond motifs is 1. The van der Waals surface area contributed by atoms with Crippen LogP contribution in [-0.2, 0) is 7.05 Å². The fraction of sp³-hybridized carbons (Fsp3) is 0.294. The molecular weight excluding hydrogens is 304 g/mol. The van der Waals surface area contributed by atoms with Gasteiger partial charge in [0.25, 0.3) is 5.91 Å². The quantitative estimate of drug-likeness (QED) is 0.669. The van der Waals surface area contributed by atoms with Crippen molar-refractivity contribution in [1.82, 2.24) is 20.1 Å². The third-order valence-corrected chi connectivity index (χ3v) is 4.74. The van der Waals surface area contributed by atoms with Crippen LogP contribution in [0.15, 0.2) is 30.6 Å². The highest BCUT2D eigenvalue weighted by molar-refractivity contribution is 6.09. The normalized spacial score (nSPS) is 14.8. The molecule has 7 heteroatoms. The van der Waals surface area contributed by atoms with Crippen molar-refractivity contribution in [2.24, 2.45) is 12.8 Å². The zero-order valence-corrected chi connectivity index (χ0v) is 13.7. The van der Waals surface area contributed by atoms with Crippen LogP contribution >= 0.6 is 0 Å². The Kier molecular flexibility index (Phi) is 3.31. The summed E-state index contributed by atoms with van der Waals surface area (Å²) in [5, 5.41) is 8.50. The van der Waals surface area contributed by atoms with Gasteiger partial charge < -0.3 is 20.9 Å². The SMILES string of the molecule is CN(c1ccc(C(N)=O)c2[nH]c(-c3cnn(C)c3)cc12)C1CNC1. The molecular formula is C17H20N6O. The Hall–Kier alpha value is -2.80. The van der Waals surface area contributed by atoms with Crippen molar-refractivity contribution < 1.29 is 4.79 Å². The van der Waals surface area contributed by atoms with E-state index in [1.54, 1.807) is 16.9 Å². The summed E-state index contributed by atoms with van der Waals surface area (Å²) in [6.07, 6.45) is 3.74. The van der Waals surface area contributed by atoms with Gasteiger partial charge in [-0.3, -0.25) is 9.48 Å².